The second-order valence-corrected chi connectivity index (χ2v) is 5.96. The van der Waals surface area contributed by atoms with Gasteiger partial charge in [0.2, 0.25) is 0 Å². The smallest absolute Gasteiger partial charge is 0.309 e. The quantitative estimate of drug-likeness (QED) is 0.676. The molecule has 1 atom stereocenters. The molecule has 0 radical (unpaired) electrons. The van der Waals surface area contributed by atoms with Gasteiger partial charge in [-0.05, 0) is 36.8 Å². The minimum absolute atomic E-state index is 0.0287. The fourth-order valence-electron chi connectivity index (χ4n) is 2.19. The molecule has 21 heavy (non-hydrogen) atoms. The van der Waals surface area contributed by atoms with Crippen LogP contribution >= 0.6 is 0 Å². The van der Waals surface area contributed by atoms with Crippen molar-refractivity contribution in [1.29, 1.82) is 0 Å². The minimum Gasteiger partial charge on any atom is -0.466 e. The number of furan rings is 1. The van der Waals surface area contributed by atoms with Crippen LogP contribution < -0.4 is 10.6 Å². The summed E-state index contributed by atoms with van der Waals surface area (Å²) in [4.78, 5) is 23.4. The Bertz CT molecular complexity index is 494. The van der Waals surface area contributed by atoms with Gasteiger partial charge in [0.15, 0.2) is 0 Å². The van der Waals surface area contributed by atoms with Gasteiger partial charge >= 0.3 is 11.8 Å². The van der Waals surface area contributed by atoms with Crippen molar-refractivity contribution in [3.8, 4) is 0 Å². The van der Waals surface area contributed by atoms with E-state index < -0.39 is 17.4 Å². The van der Waals surface area contributed by atoms with Gasteiger partial charge in [0, 0.05) is 6.54 Å². The molecule has 0 spiro atoms. The Morgan fingerprint density at radius 1 is 1.38 bits per heavy atom. The van der Waals surface area contributed by atoms with Crippen molar-refractivity contribution in [2.45, 2.75) is 32.3 Å². The van der Waals surface area contributed by atoms with Crippen molar-refractivity contribution in [2.75, 3.05) is 13.1 Å². The lowest BCUT2D eigenvalue weighted by atomic mass is 9.94. The van der Waals surface area contributed by atoms with Crippen LogP contribution in [0.25, 0.3) is 0 Å². The summed E-state index contributed by atoms with van der Waals surface area (Å²) in [5, 5.41) is 15.8. The number of hydrogen-bond acceptors (Lipinski definition) is 4. The number of aliphatic hydroxyl groups is 1. The van der Waals surface area contributed by atoms with E-state index in [-0.39, 0.29) is 18.4 Å². The highest BCUT2D eigenvalue weighted by Gasteiger charge is 2.47. The molecule has 0 saturated heterocycles. The van der Waals surface area contributed by atoms with E-state index in [1.807, 2.05) is 13.8 Å². The Morgan fingerprint density at radius 2 is 2.05 bits per heavy atom. The molecule has 1 saturated carbocycles. The van der Waals surface area contributed by atoms with Crippen LogP contribution in [0.15, 0.2) is 22.8 Å². The number of carbonyl (C=O) groups excluding carboxylic acids is 2. The van der Waals surface area contributed by atoms with Gasteiger partial charge < -0.3 is 20.2 Å². The Labute approximate surface area is 123 Å². The van der Waals surface area contributed by atoms with Gasteiger partial charge in [-0.2, -0.15) is 0 Å². The van der Waals surface area contributed by atoms with Crippen molar-refractivity contribution < 1.29 is 19.1 Å². The molecule has 1 unspecified atom stereocenters. The van der Waals surface area contributed by atoms with Gasteiger partial charge in [0.25, 0.3) is 0 Å². The third kappa shape index (κ3) is 3.85. The first-order valence-electron chi connectivity index (χ1n) is 7.26. The minimum atomic E-state index is -1.24. The van der Waals surface area contributed by atoms with Crippen LogP contribution in [-0.2, 0) is 15.2 Å². The molecule has 1 aliphatic carbocycles. The summed E-state index contributed by atoms with van der Waals surface area (Å²) >= 11 is 0. The molecule has 6 heteroatoms. The normalized spacial score (nSPS) is 17.3. The highest BCUT2D eigenvalue weighted by molar-refractivity contribution is 6.35. The van der Waals surface area contributed by atoms with Crippen LogP contribution in [0.4, 0.5) is 0 Å². The summed E-state index contributed by atoms with van der Waals surface area (Å²) in [6, 6.07) is 3.38. The first-order chi connectivity index (χ1) is 9.93. The van der Waals surface area contributed by atoms with Crippen molar-refractivity contribution >= 4 is 11.8 Å². The van der Waals surface area contributed by atoms with Gasteiger partial charge in [-0.1, -0.05) is 13.8 Å². The number of hydrogen-bond donors (Lipinski definition) is 3. The predicted molar refractivity (Wildman–Crippen MR) is 76.2 cm³/mol. The molecule has 1 aromatic rings. The standard InChI is InChI=1S/C15H22N2O4/c1-10(2)8-16-13(18)14(19)17-9-15(20,11-5-6-11)12-4-3-7-21-12/h3-4,7,10-11,20H,5-6,8-9H2,1-2H3,(H,16,18)(H,17,19). The third-order valence-corrected chi connectivity index (χ3v) is 3.60. The molecule has 0 aromatic carbocycles. The Morgan fingerprint density at radius 3 is 2.57 bits per heavy atom. The first-order valence-corrected chi connectivity index (χ1v) is 7.26. The second kappa shape index (κ2) is 6.30. The molecule has 2 amide bonds. The zero-order valence-electron chi connectivity index (χ0n) is 12.4. The maximum absolute atomic E-state index is 11.7. The average Bonchev–Trinajstić information content (AvgIpc) is 3.17. The van der Waals surface area contributed by atoms with E-state index in [1.165, 1.54) is 6.26 Å². The maximum atomic E-state index is 11.7. The van der Waals surface area contributed by atoms with E-state index in [9.17, 15) is 14.7 Å². The molecule has 6 nitrogen and oxygen atoms in total. The molecule has 0 bridgehead atoms. The summed E-state index contributed by atoms with van der Waals surface area (Å²) in [5.74, 6) is -0.661. The van der Waals surface area contributed by atoms with Crippen LogP contribution in [0.2, 0.25) is 0 Å². The zero-order chi connectivity index (χ0) is 15.5. The fraction of sp³-hybridized carbons (Fsp3) is 0.600. The van der Waals surface area contributed by atoms with Crippen molar-refractivity contribution in [2.24, 2.45) is 11.8 Å². The van der Waals surface area contributed by atoms with Gasteiger partial charge in [0.1, 0.15) is 11.4 Å². The van der Waals surface area contributed by atoms with E-state index in [0.717, 1.165) is 12.8 Å². The largest absolute Gasteiger partial charge is 0.466 e. The average molecular weight is 294 g/mol. The maximum Gasteiger partial charge on any atom is 0.309 e. The lowest BCUT2D eigenvalue weighted by Crippen LogP contribution is -2.47. The Hall–Kier alpha value is -1.82. The molecule has 1 fully saturated rings. The van der Waals surface area contributed by atoms with Gasteiger partial charge in [-0.3, -0.25) is 9.59 Å². The zero-order valence-corrected chi connectivity index (χ0v) is 12.4. The molecule has 0 aliphatic heterocycles. The van der Waals surface area contributed by atoms with E-state index >= 15 is 0 Å². The van der Waals surface area contributed by atoms with Gasteiger partial charge in [0.05, 0.1) is 12.8 Å². The molecule has 1 aliphatic rings. The summed E-state index contributed by atoms with van der Waals surface area (Å²) in [7, 11) is 0. The van der Waals surface area contributed by atoms with E-state index in [2.05, 4.69) is 10.6 Å². The van der Waals surface area contributed by atoms with Gasteiger partial charge in [-0.25, -0.2) is 0 Å². The number of amides is 2. The topological polar surface area (TPSA) is 91.6 Å². The molecule has 1 heterocycles. The van der Waals surface area contributed by atoms with E-state index in [1.54, 1.807) is 12.1 Å². The van der Waals surface area contributed by atoms with Crippen molar-refractivity contribution in [3.05, 3.63) is 24.2 Å². The number of rotatable bonds is 6. The SMILES string of the molecule is CC(C)CNC(=O)C(=O)NCC(O)(c1ccco1)C1CC1. The van der Waals surface area contributed by atoms with E-state index in [4.69, 9.17) is 4.42 Å². The molecule has 2 rings (SSSR count). The summed E-state index contributed by atoms with van der Waals surface area (Å²) in [6.45, 7) is 4.30. The molecule has 3 N–H and O–H groups in total. The Kier molecular flexibility index (Phi) is 4.67. The molecule has 116 valence electrons. The second-order valence-electron chi connectivity index (χ2n) is 5.96. The van der Waals surface area contributed by atoms with Crippen molar-refractivity contribution in [1.82, 2.24) is 10.6 Å². The molecule has 1 aromatic heterocycles. The highest BCUT2D eigenvalue weighted by Crippen LogP contribution is 2.45. The fourth-order valence-corrected chi connectivity index (χ4v) is 2.19. The highest BCUT2D eigenvalue weighted by atomic mass is 16.4. The number of nitrogens with one attached hydrogen (secondary N) is 2. The van der Waals surface area contributed by atoms with Crippen LogP contribution in [0.3, 0.4) is 0 Å². The lowest BCUT2D eigenvalue weighted by molar-refractivity contribution is -0.140. The summed E-state index contributed by atoms with van der Waals surface area (Å²) < 4.78 is 5.27. The van der Waals surface area contributed by atoms with Gasteiger partial charge in [-0.15, -0.1) is 0 Å². The molecular formula is C15H22N2O4. The summed E-state index contributed by atoms with van der Waals surface area (Å²) in [5.41, 5.74) is -1.24. The van der Waals surface area contributed by atoms with Crippen LogP contribution in [0.5, 0.6) is 0 Å². The Balaban J connectivity index is 1.91. The third-order valence-electron chi connectivity index (χ3n) is 3.60. The predicted octanol–water partition coefficient (Wildman–Crippen LogP) is 0.766. The monoisotopic (exact) mass is 294 g/mol. The first kappa shape index (κ1) is 15.6. The molecular weight excluding hydrogens is 272 g/mol. The van der Waals surface area contributed by atoms with Crippen LogP contribution in [-0.4, -0.2) is 30.0 Å². The van der Waals surface area contributed by atoms with E-state index in [0.29, 0.717) is 12.3 Å². The summed E-state index contributed by atoms with van der Waals surface area (Å²) in [6.07, 6.45) is 3.25. The van der Waals surface area contributed by atoms with Crippen LogP contribution in [0.1, 0.15) is 32.4 Å². The van der Waals surface area contributed by atoms with Crippen LogP contribution in [0, 0.1) is 11.8 Å². The van der Waals surface area contributed by atoms with Crippen molar-refractivity contribution in [3.63, 3.8) is 0 Å². The number of carbonyl (C=O) groups is 2. The lowest BCUT2D eigenvalue weighted by Gasteiger charge is -2.26.